The lowest BCUT2D eigenvalue weighted by atomic mass is 9.91. The van der Waals surface area contributed by atoms with E-state index in [-0.39, 0.29) is 11.7 Å². The summed E-state index contributed by atoms with van der Waals surface area (Å²) in [6.07, 6.45) is 5.61. The number of nitrogens with zero attached hydrogens (tertiary/aromatic N) is 4. The van der Waals surface area contributed by atoms with Crippen LogP contribution in [0, 0.1) is 0 Å². The van der Waals surface area contributed by atoms with E-state index in [1.54, 1.807) is 18.5 Å². The Labute approximate surface area is 109 Å². The lowest BCUT2D eigenvalue weighted by molar-refractivity contribution is 0.0688. The molecule has 7 heteroatoms. The maximum Gasteiger partial charge on any atom is 0.356 e. The first-order valence-corrected chi connectivity index (χ1v) is 6.06. The van der Waals surface area contributed by atoms with Crippen molar-refractivity contribution in [2.24, 2.45) is 5.73 Å². The maximum absolute atomic E-state index is 11.3. The number of aromatic carboxylic acids is 1. The second kappa shape index (κ2) is 4.43. The van der Waals surface area contributed by atoms with Gasteiger partial charge in [0.2, 0.25) is 0 Å². The van der Waals surface area contributed by atoms with Gasteiger partial charge in [0.1, 0.15) is 0 Å². The van der Waals surface area contributed by atoms with Gasteiger partial charge in [-0.3, -0.25) is 0 Å². The Bertz CT molecular complexity index is 623. The summed E-state index contributed by atoms with van der Waals surface area (Å²) in [6, 6.07) is 1.41. The minimum atomic E-state index is -1.07. The molecule has 2 aromatic rings. The van der Waals surface area contributed by atoms with Crippen molar-refractivity contribution in [3.05, 3.63) is 35.4 Å². The van der Waals surface area contributed by atoms with Gasteiger partial charge in [0.15, 0.2) is 5.69 Å². The second-order valence-corrected chi connectivity index (χ2v) is 4.47. The molecule has 0 saturated heterocycles. The van der Waals surface area contributed by atoms with Gasteiger partial charge < -0.3 is 10.8 Å². The Morgan fingerprint density at radius 2 is 2.16 bits per heavy atom. The predicted octanol–water partition coefficient (Wildman–Crippen LogP) is 0.697. The monoisotopic (exact) mass is 259 g/mol. The SMILES string of the molecule is NC1CCCc2c1c(C(=O)O)nn2-c1ncccn1. The number of nitrogens with two attached hydrogens (primary N) is 1. The third-order valence-corrected chi connectivity index (χ3v) is 3.27. The Hall–Kier alpha value is -2.28. The Morgan fingerprint density at radius 3 is 2.84 bits per heavy atom. The van der Waals surface area contributed by atoms with E-state index in [0.717, 1.165) is 25.0 Å². The Morgan fingerprint density at radius 1 is 1.42 bits per heavy atom. The molecule has 7 nitrogen and oxygen atoms in total. The van der Waals surface area contributed by atoms with Crippen LogP contribution in [0.15, 0.2) is 18.5 Å². The van der Waals surface area contributed by atoms with Crippen LogP contribution in [-0.4, -0.2) is 30.8 Å². The topological polar surface area (TPSA) is 107 Å². The van der Waals surface area contributed by atoms with E-state index >= 15 is 0 Å². The quantitative estimate of drug-likeness (QED) is 0.822. The third-order valence-electron chi connectivity index (χ3n) is 3.27. The summed E-state index contributed by atoms with van der Waals surface area (Å²) < 4.78 is 1.50. The lowest BCUT2D eigenvalue weighted by Gasteiger charge is -2.19. The van der Waals surface area contributed by atoms with E-state index in [9.17, 15) is 9.90 Å². The van der Waals surface area contributed by atoms with Gasteiger partial charge in [0, 0.05) is 24.0 Å². The fourth-order valence-corrected chi connectivity index (χ4v) is 2.45. The molecule has 0 amide bonds. The van der Waals surface area contributed by atoms with Gasteiger partial charge in [-0.2, -0.15) is 5.10 Å². The van der Waals surface area contributed by atoms with Crippen LogP contribution >= 0.6 is 0 Å². The molecule has 3 N–H and O–H groups in total. The molecule has 2 heterocycles. The standard InChI is InChI=1S/C12H13N5O2/c13-7-3-1-4-8-9(7)10(11(18)19)16-17(8)12-14-5-2-6-15-12/h2,5-7H,1,3-4,13H2,(H,18,19). The molecular formula is C12H13N5O2. The van der Waals surface area contributed by atoms with Gasteiger partial charge in [0.05, 0.1) is 5.69 Å². The van der Waals surface area contributed by atoms with Crippen LogP contribution in [0.1, 0.15) is 40.6 Å². The number of fused-ring (bicyclic) bond motifs is 1. The van der Waals surface area contributed by atoms with Crippen LogP contribution < -0.4 is 5.73 Å². The molecule has 0 spiro atoms. The van der Waals surface area contributed by atoms with Crippen molar-refractivity contribution in [2.45, 2.75) is 25.3 Å². The zero-order valence-corrected chi connectivity index (χ0v) is 10.2. The van der Waals surface area contributed by atoms with E-state index in [1.165, 1.54) is 4.68 Å². The summed E-state index contributed by atoms with van der Waals surface area (Å²) >= 11 is 0. The minimum Gasteiger partial charge on any atom is -0.476 e. The van der Waals surface area contributed by atoms with Crippen molar-refractivity contribution in [3.8, 4) is 5.95 Å². The van der Waals surface area contributed by atoms with Crippen molar-refractivity contribution in [2.75, 3.05) is 0 Å². The normalized spacial score (nSPS) is 18.1. The molecular weight excluding hydrogens is 246 g/mol. The molecule has 0 aromatic carbocycles. The number of rotatable bonds is 2. The molecule has 1 atom stereocenters. The van der Waals surface area contributed by atoms with E-state index in [4.69, 9.17) is 5.73 Å². The summed E-state index contributed by atoms with van der Waals surface area (Å²) in [5.74, 6) is -0.691. The van der Waals surface area contributed by atoms with Crippen molar-refractivity contribution in [1.29, 1.82) is 0 Å². The average Bonchev–Trinajstić information content (AvgIpc) is 2.81. The lowest BCUT2D eigenvalue weighted by Crippen LogP contribution is -2.20. The summed E-state index contributed by atoms with van der Waals surface area (Å²) in [5.41, 5.74) is 7.45. The fraction of sp³-hybridized carbons (Fsp3) is 0.333. The van der Waals surface area contributed by atoms with Crippen molar-refractivity contribution in [3.63, 3.8) is 0 Å². The number of hydrogen-bond acceptors (Lipinski definition) is 5. The number of carbonyl (C=O) groups is 1. The molecule has 0 bridgehead atoms. The molecule has 0 radical (unpaired) electrons. The van der Waals surface area contributed by atoms with Gasteiger partial charge in [-0.15, -0.1) is 0 Å². The van der Waals surface area contributed by atoms with E-state index in [1.807, 2.05) is 0 Å². The Kier molecular flexibility index (Phi) is 2.75. The maximum atomic E-state index is 11.3. The van der Waals surface area contributed by atoms with Crippen LogP contribution in [0.2, 0.25) is 0 Å². The first-order valence-electron chi connectivity index (χ1n) is 6.06. The first-order chi connectivity index (χ1) is 9.18. The van der Waals surface area contributed by atoms with Gasteiger partial charge >= 0.3 is 5.97 Å². The highest BCUT2D eigenvalue weighted by Gasteiger charge is 2.30. The van der Waals surface area contributed by atoms with Crippen LogP contribution in [0.4, 0.5) is 0 Å². The summed E-state index contributed by atoms with van der Waals surface area (Å²) in [6.45, 7) is 0. The van der Waals surface area contributed by atoms with Crippen molar-refractivity contribution >= 4 is 5.97 Å². The van der Waals surface area contributed by atoms with Crippen LogP contribution in [0.5, 0.6) is 0 Å². The second-order valence-electron chi connectivity index (χ2n) is 4.47. The van der Waals surface area contributed by atoms with Crippen LogP contribution in [0.25, 0.3) is 5.95 Å². The van der Waals surface area contributed by atoms with Gasteiger partial charge in [-0.05, 0) is 25.3 Å². The molecule has 19 heavy (non-hydrogen) atoms. The molecule has 1 aliphatic rings. The number of aromatic nitrogens is 4. The van der Waals surface area contributed by atoms with Gasteiger partial charge in [-0.1, -0.05) is 0 Å². The van der Waals surface area contributed by atoms with E-state index in [0.29, 0.717) is 11.5 Å². The fourth-order valence-electron chi connectivity index (χ4n) is 2.45. The highest BCUT2D eigenvalue weighted by Crippen LogP contribution is 2.31. The van der Waals surface area contributed by atoms with Crippen LogP contribution in [0.3, 0.4) is 0 Å². The number of hydrogen-bond donors (Lipinski definition) is 2. The summed E-state index contributed by atoms with van der Waals surface area (Å²) in [7, 11) is 0. The third kappa shape index (κ3) is 1.88. The molecule has 98 valence electrons. The number of carboxylic acids is 1. The van der Waals surface area contributed by atoms with E-state index in [2.05, 4.69) is 15.1 Å². The average molecular weight is 259 g/mol. The molecule has 1 aliphatic carbocycles. The summed E-state index contributed by atoms with van der Waals surface area (Å²) in [4.78, 5) is 19.5. The van der Waals surface area contributed by atoms with Crippen molar-refractivity contribution < 1.29 is 9.90 Å². The highest BCUT2D eigenvalue weighted by molar-refractivity contribution is 5.87. The zero-order chi connectivity index (χ0) is 13.4. The Balaban J connectivity index is 2.22. The van der Waals surface area contributed by atoms with E-state index < -0.39 is 5.97 Å². The van der Waals surface area contributed by atoms with Gasteiger partial charge in [0.25, 0.3) is 5.95 Å². The molecule has 2 aromatic heterocycles. The predicted molar refractivity (Wildman–Crippen MR) is 66.0 cm³/mol. The largest absolute Gasteiger partial charge is 0.476 e. The smallest absolute Gasteiger partial charge is 0.356 e. The van der Waals surface area contributed by atoms with Crippen molar-refractivity contribution in [1.82, 2.24) is 19.7 Å². The van der Waals surface area contributed by atoms with Crippen LogP contribution in [-0.2, 0) is 6.42 Å². The molecule has 0 saturated carbocycles. The molecule has 0 fully saturated rings. The summed E-state index contributed by atoms with van der Waals surface area (Å²) in [5, 5.41) is 13.4. The molecule has 1 unspecified atom stereocenters. The van der Waals surface area contributed by atoms with Gasteiger partial charge in [-0.25, -0.2) is 19.4 Å². The molecule has 3 rings (SSSR count). The minimum absolute atomic E-state index is 0.00894. The highest BCUT2D eigenvalue weighted by atomic mass is 16.4. The molecule has 0 aliphatic heterocycles. The zero-order valence-electron chi connectivity index (χ0n) is 10.2. The first kappa shape index (κ1) is 11.8. The number of carboxylic acid groups (broad SMARTS) is 1.